The van der Waals surface area contributed by atoms with Crippen LogP contribution in [-0.2, 0) is 6.42 Å². The molecule has 0 radical (unpaired) electrons. The quantitative estimate of drug-likeness (QED) is 0.452. The zero-order valence-corrected chi connectivity index (χ0v) is 17.8. The Morgan fingerprint density at radius 3 is 2.66 bits per heavy atom. The highest BCUT2D eigenvalue weighted by Crippen LogP contribution is 2.27. The molecular formula is C24H21Cl2N3. The third-order valence-electron chi connectivity index (χ3n) is 5.09. The first-order valence-electron chi connectivity index (χ1n) is 9.65. The van der Waals surface area contributed by atoms with Gasteiger partial charge in [0.2, 0.25) is 0 Å². The van der Waals surface area contributed by atoms with E-state index in [9.17, 15) is 0 Å². The largest absolute Gasteiger partial charge is 0.333 e. The van der Waals surface area contributed by atoms with E-state index in [1.165, 1.54) is 5.57 Å². The Bertz CT molecular complexity index is 1170. The monoisotopic (exact) mass is 421 g/mol. The van der Waals surface area contributed by atoms with Gasteiger partial charge in [0.05, 0.1) is 21.3 Å². The predicted octanol–water partition coefficient (Wildman–Crippen LogP) is 6.96. The lowest BCUT2D eigenvalue weighted by molar-refractivity contribution is 0.722. The van der Waals surface area contributed by atoms with E-state index in [1.807, 2.05) is 36.4 Å². The number of anilines is 1. The maximum absolute atomic E-state index is 6.17. The van der Waals surface area contributed by atoms with Crippen LogP contribution in [0.3, 0.4) is 0 Å². The molecular weight excluding hydrogens is 401 g/mol. The fourth-order valence-corrected chi connectivity index (χ4v) is 3.79. The first kappa shape index (κ1) is 19.7. The first-order chi connectivity index (χ1) is 14.0. The molecule has 4 rings (SSSR count). The molecule has 5 heteroatoms. The van der Waals surface area contributed by atoms with Gasteiger partial charge in [0, 0.05) is 17.7 Å². The zero-order chi connectivity index (χ0) is 20.4. The molecule has 3 nitrogen and oxygen atoms in total. The number of hydrogen-bond donors (Lipinski definition) is 1. The summed E-state index contributed by atoms with van der Waals surface area (Å²) in [4.78, 5) is 9.54. The second kappa shape index (κ2) is 8.42. The molecule has 1 atom stereocenters. The van der Waals surface area contributed by atoms with Crippen molar-refractivity contribution in [3.05, 3.63) is 93.1 Å². The van der Waals surface area contributed by atoms with Gasteiger partial charge in [-0.2, -0.15) is 0 Å². The second-order valence-corrected chi connectivity index (χ2v) is 8.00. The molecule has 1 aromatic heterocycles. The number of allylic oxidation sites excluding steroid dienone is 2. The third-order valence-corrected chi connectivity index (χ3v) is 5.82. The minimum Gasteiger partial charge on any atom is -0.333 e. The molecule has 1 N–H and O–H groups in total. The van der Waals surface area contributed by atoms with E-state index >= 15 is 0 Å². The van der Waals surface area contributed by atoms with Crippen LogP contribution in [0.4, 0.5) is 5.82 Å². The summed E-state index contributed by atoms with van der Waals surface area (Å²) < 4.78 is 0. The maximum Gasteiger partial charge on any atom is 0.142 e. The summed E-state index contributed by atoms with van der Waals surface area (Å²) in [6.45, 7) is 4.34. The molecule has 0 saturated heterocycles. The van der Waals surface area contributed by atoms with Crippen LogP contribution in [0.5, 0.6) is 0 Å². The van der Waals surface area contributed by atoms with E-state index in [2.05, 4.69) is 37.0 Å². The summed E-state index contributed by atoms with van der Waals surface area (Å²) in [5.74, 6) is 1.95. The Balaban J connectivity index is 1.71. The summed E-state index contributed by atoms with van der Waals surface area (Å²) in [7, 11) is 0. The van der Waals surface area contributed by atoms with Gasteiger partial charge in [-0.05, 0) is 55.3 Å². The summed E-state index contributed by atoms with van der Waals surface area (Å²) in [5.41, 5.74) is 7.50. The normalized spacial score (nSPS) is 15.9. The highest BCUT2D eigenvalue weighted by molar-refractivity contribution is 6.42. The first-order valence-corrected chi connectivity index (χ1v) is 10.4. The molecule has 1 unspecified atom stereocenters. The molecule has 0 aliphatic heterocycles. The Morgan fingerprint density at radius 2 is 1.90 bits per heavy atom. The number of rotatable bonds is 5. The van der Waals surface area contributed by atoms with Gasteiger partial charge in [-0.25, -0.2) is 9.97 Å². The highest BCUT2D eigenvalue weighted by atomic mass is 35.5. The van der Waals surface area contributed by atoms with Crippen molar-refractivity contribution in [1.82, 2.24) is 9.97 Å². The highest BCUT2D eigenvalue weighted by Gasteiger charge is 2.13. The average Bonchev–Trinajstić information content (AvgIpc) is 2.71. The molecule has 0 amide bonds. The Morgan fingerprint density at radius 1 is 1.07 bits per heavy atom. The molecule has 0 saturated carbocycles. The minimum absolute atomic E-state index is 0.452. The number of fused-ring (bicyclic) bond motifs is 1. The lowest BCUT2D eigenvalue weighted by atomic mass is 9.94. The molecule has 1 aliphatic rings. The molecule has 1 aliphatic carbocycles. The SMILES string of the molecule is CCC1C=C=C(Nc2nc(Cc3ccc(Cl)c(Cl)c3)nc3ccccc23)C=C1C. The van der Waals surface area contributed by atoms with Crippen LogP contribution in [0.1, 0.15) is 31.7 Å². The van der Waals surface area contributed by atoms with E-state index in [0.717, 1.165) is 40.2 Å². The number of benzene rings is 2. The fourth-order valence-electron chi connectivity index (χ4n) is 3.47. The average molecular weight is 422 g/mol. The smallest absolute Gasteiger partial charge is 0.142 e. The van der Waals surface area contributed by atoms with E-state index in [-0.39, 0.29) is 0 Å². The Hall–Kier alpha value is -2.58. The zero-order valence-electron chi connectivity index (χ0n) is 16.3. The van der Waals surface area contributed by atoms with Crippen molar-refractivity contribution in [2.75, 3.05) is 5.32 Å². The Kier molecular flexibility index (Phi) is 5.73. The van der Waals surface area contributed by atoms with Crippen LogP contribution < -0.4 is 5.32 Å². The number of aromatic nitrogens is 2. The Labute approximate surface area is 180 Å². The van der Waals surface area contributed by atoms with Gasteiger partial charge in [-0.3, -0.25) is 0 Å². The van der Waals surface area contributed by atoms with Crippen LogP contribution in [0.25, 0.3) is 10.9 Å². The summed E-state index contributed by atoms with van der Waals surface area (Å²) in [6.07, 6.45) is 5.91. The van der Waals surface area contributed by atoms with Crippen LogP contribution in [-0.4, -0.2) is 9.97 Å². The van der Waals surface area contributed by atoms with Gasteiger partial charge in [-0.15, -0.1) is 0 Å². The van der Waals surface area contributed by atoms with Crippen molar-refractivity contribution >= 4 is 39.9 Å². The number of hydrogen-bond acceptors (Lipinski definition) is 3. The van der Waals surface area contributed by atoms with Crippen molar-refractivity contribution in [2.45, 2.75) is 26.7 Å². The van der Waals surface area contributed by atoms with Gasteiger partial charge in [0.15, 0.2) is 0 Å². The molecule has 0 bridgehead atoms. The summed E-state index contributed by atoms with van der Waals surface area (Å²) >= 11 is 12.2. The number of halogens is 2. The number of para-hydroxylation sites is 1. The maximum atomic E-state index is 6.17. The number of nitrogens with one attached hydrogen (secondary N) is 1. The van der Waals surface area contributed by atoms with E-state index in [1.54, 1.807) is 6.07 Å². The molecule has 3 aromatic rings. The minimum atomic E-state index is 0.452. The lowest BCUT2D eigenvalue weighted by Crippen LogP contribution is -2.08. The molecule has 146 valence electrons. The standard InChI is InChI=1S/C24H21Cl2N3/c1-3-17-9-10-18(12-15(17)2)27-24-19-6-4-5-7-22(19)28-23(29-24)14-16-8-11-20(25)21(26)13-16/h4-9,11-13,17H,3,14H2,1-2H3,(H,27,28,29). The van der Waals surface area contributed by atoms with Crippen LogP contribution in [0, 0.1) is 5.92 Å². The molecule has 1 heterocycles. The van der Waals surface area contributed by atoms with Gasteiger partial charge in [0.1, 0.15) is 11.6 Å². The van der Waals surface area contributed by atoms with E-state index in [0.29, 0.717) is 22.4 Å². The lowest BCUT2D eigenvalue weighted by Gasteiger charge is -2.16. The van der Waals surface area contributed by atoms with E-state index < -0.39 is 0 Å². The number of nitrogens with zero attached hydrogens (tertiary/aromatic N) is 2. The van der Waals surface area contributed by atoms with Gasteiger partial charge in [0.25, 0.3) is 0 Å². The van der Waals surface area contributed by atoms with Crippen molar-refractivity contribution in [3.63, 3.8) is 0 Å². The van der Waals surface area contributed by atoms with E-state index in [4.69, 9.17) is 33.2 Å². The predicted molar refractivity (Wildman–Crippen MR) is 122 cm³/mol. The molecule has 0 spiro atoms. The van der Waals surface area contributed by atoms with Gasteiger partial charge >= 0.3 is 0 Å². The van der Waals surface area contributed by atoms with Crippen LogP contribution in [0.2, 0.25) is 10.0 Å². The van der Waals surface area contributed by atoms with Crippen molar-refractivity contribution in [3.8, 4) is 0 Å². The van der Waals surface area contributed by atoms with Crippen molar-refractivity contribution in [1.29, 1.82) is 0 Å². The second-order valence-electron chi connectivity index (χ2n) is 7.18. The van der Waals surface area contributed by atoms with Crippen LogP contribution in [0.15, 0.2) is 71.6 Å². The third kappa shape index (κ3) is 4.38. The van der Waals surface area contributed by atoms with Gasteiger partial charge in [-0.1, -0.05) is 59.6 Å². The summed E-state index contributed by atoms with van der Waals surface area (Å²) in [5, 5.41) is 5.50. The van der Waals surface area contributed by atoms with Crippen molar-refractivity contribution in [2.24, 2.45) is 5.92 Å². The van der Waals surface area contributed by atoms with Crippen LogP contribution >= 0.6 is 23.2 Å². The van der Waals surface area contributed by atoms with Crippen molar-refractivity contribution < 1.29 is 0 Å². The van der Waals surface area contributed by atoms with Gasteiger partial charge < -0.3 is 5.32 Å². The molecule has 2 aromatic carbocycles. The summed E-state index contributed by atoms with van der Waals surface area (Å²) in [6, 6.07) is 13.6. The molecule has 29 heavy (non-hydrogen) atoms. The topological polar surface area (TPSA) is 37.8 Å². The fraction of sp³-hybridized carbons (Fsp3) is 0.208. The molecule has 0 fully saturated rings.